The number of hydrogen-bond acceptors (Lipinski definition) is 8. The molecule has 1 aliphatic carbocycles. The number of amides is 1. The fraction of sp³-hybridized carbons (Fsp3) is 0.385. The van der Waals surface area contributed by atoms with E-state index in [1.165, 1.54) is 18.1 Å². The van der Waals surface area contributed by atoms with Crippen LogP contribution in [0.4, 0.5) is 11.6 Å². The van der Waals surface area contributed by atoms with Crippen molar-refractivity contribution in [2.24, 2.45) is 7.05 Å². The maximum Gasteiger partial charge on any atom is 0.289 e. The Labute approximate surface area is 209 Å². The molecule has 3 heterocycles. The highest BCUT2D eigenvalue weighted by Crippen LogP contribution is 2.32. The lowest BCUT2D eigenvalue weighted by atomic mass is 9.96. The van der Waals surface area contributed by atoms with Crippen LogP contribution < -0.4 is 10.6 Å². The number of carbonyl (C=O) groups excluding carboxylic acids is 1. The number of nitrogens with zero attached hydrogens (tertiary/aromatic N) is 6. The van der Waals surface area contributed by atoms with E-state index in [-0.39, 0.29) is 23.1 Å². The van der Waals surface area contributed by atoms with Crippen LogP contribution in [0.15, 0.2) is 47.5 Å². The van der Waals surface area contributed by atoms with E-state index in [1.807, 2.05) is 40.1 Å². The Balaban J connectivity index is 1.36. The normalized spacial score (nSPS) is 15.7. The molecule has 1 atom stereocenters. The lowest BCUT2D eigenvalue weighted by Gasteiger charge is -2.19. The molecule has 2 N–H and O–H groups in total. The summed E-state index contributed by atoms with van der Waals surface area (Å²) >= 11 is 0. The van der Waals surface area contributed by atoms with Crippen LogP contribution in [0.2, 0.25) is 0 Å². The van der Waals surface area contributed by atoms with Crippen LogP contribution in [0.3, 0.4) is 0 Å². The van der Waals surface area contributed by atoms with Crippen LogP contribution in [0.25, 0.3) is 11.4 Å². The molecule has 0 radical (unpaired) electrons. The van der Waals surface area contributed by atoms with Crippen molar-refractivity contribution in [3.63, 3.8) is 0 Å². The Kier molecular flexibility index (Phi) is 6.26. The second-order valence-corrected chi connectivity index (χ2v) is 10.1. The number of carbonyl (C=O) groups is 1. The summed E-state index contributed by atoms with van der Waals surface area (Å²) in [5.74, 6) is 1.58. The Hall–Kier alpha value is -4.08. The zero-order valence-electron chi connectivity index (χ0n) is 20.9. The van der Waals surface area contributed by atoms with Crippen molar-refractivity contribution < 1.29 is 9.21 Å². The van der Waals surface area contributed by atoms with E-state index in [0.717, 1.165) is 42.5 Å². The third kappa shape index (κ3) is 5.12. The van der Waals surface area contributed by atoms with Gasteiger partial charge in [-0.3, -0.25) is 9.48 Å². The van der Waals surface area contributed by atoms with Crippen molar-refractivity contribution in [2.75, 3.05) is 5.32 Å². The third-order valence-corrected chi connectivity index (χ3v) is 6.17. The minimum atomic E-state index is -0.258. The second-order valence-electron chi connectivity index (χ2n) is 10.1. The maximum absolute atomic E-state index is 13.0. The molecule has 1 aromatic carbocycles. The average molecular weight is 487 g/mol. The van der Waals surface area contributed by atoms with Gasteiger partial charge in [0, 0.05) is 24.2 Å². The van der Waals surface area contributed by atoms with Gasteiger partial charge in [0.15, 0.2) is 5.82 Å². The summed E-state index contributed by atoms with van der Waals surface area (Å²) in [5, 5.41) is 10.5. The number of benzene rings is 1. The molecule has 1 amide bonds. The van der Waals surface area contributed by atoms with E-state index in [9.17, 15) is 4.79 Å². The van der Waals surface area contributed by atoms with Crippen LogP contribution in [-0.4, -0.2) is 35.6 Å². The highest BCUT2D eigenvalue weighted by atomic mass is 16.4. The highest BCUT2D eigenvalue weighted by Gasteiger charge is 2.26. The van der Waals surface area contributed by atoms with Gasteiger partial charge in [0.25, 0.3) is 5.91 Å². The predicted octanol–water partition coefficient (Wildman–Crippen LogP) is 4.50. The van der Waals surface area contributed by atoms with E-state index < -0.39 is 0 Å². The number of anilines is 2. The molecule has 0 spiro atoms. The average Bonchev–Trinajstić information content (AvgIpc) is 3.46. The molecular formula is C26H30N8O2. The molecule has 1 aliphatic rings. The van der Waals surface area contributed by atoms with Crippen molar-refractivity contribution >= 4 is 17.5 Å². The second kappa shape index (κ2) is 9.52. The number of oxazole rings is 1. The predicted molar refractivity (Wildman–Crippen MR) is 135 cm³/mol. The monoisotopic (exact) mass is 486 g/mol. The molecule has 186 valence electrons. The SMILES string of the molecule is Cn1cc(Nc2ncnc(-c3ccc4c(c3)CCCC[C@H]4NC(=O)c3cnc(C(C)(C)C)o3)n2)cn1. The zero-order chi connectivity index (χ0) is 25.3. The van der Waals surface area contributed by atoms with Gasteiger partial charge in [-0.15, -0.1) is 0 Å². The largest absolute Gasteiger partial charge is 0.435 e. The summed E-state index contributed by atoms with van der Waals surface area (Å²) in [5.41, 5.74) is 3.75. The fourth-order valence-corrected chi connectivity index (χ4v) is 4.34. The fourth-order valence-electron chi connectivity index (χ4n) is 4.34. The van der Waals surface area contributed by atoms with Gasteiger partial charge in [0.2, 0.25) is 17.6 Å². The van der Waals surface area contributed by atoms with Gasteiger partial charge in [0.05, 0.1) is 24.1 Å². The molecule has 0 fully saturated rings. The molecule has 4 aromatic rings. The first-order valence-electron chi connectivity index (χ1n) is 12.1. The molecule has 0 bridgehead atoms. The van der Waals surface area contributed by atoms with Crippen molar-refractivity contribution in [2.45, 2.75) is 57.9 Å². The molecule has 5 rings (SSSR count). The zero-order valence-corrected chi connectivity index (χ0v) is 20.9. The first kappa shape index (κ1) is 23.7. The Morgan fingerprint density at radius 3 is 2.75 bits per heavy atom. The van der Waals surface area contributed by atoms with Gasteiger partial charge in [0.1, 0.15) is 6.33 Å². The molecule has 10 heteroatoms. The van der Waals surface area contributed by atoms with Crippen LogP contribution in [-0.2, 0) is 18.9 Å². The summed E-state index contributed by atoms with van der Waals surface area (Å²) < 4.78 is 7.45. The van der Waals surface area contributed by atoms with Crippen molar-refractivity contribution in [1.29, 1.82) is 0 Å². The smallest absolute Gasteiger partial charge is 0.289 e. The molecule has 0 aliphatic heterocycles. The van der Waals surface area contributed by atoms with Gasteiger partial charge in [-0.25, -0.2) is 15.0 Å². The van der Waals surface area contributed by atoms with Gasteiger partial charge in [-0.2, -0.15) is 10.1 Å². The topological polar surface area (TPSA) is 124 Å². The molecule has 0 saturated carbocycles. The summed E-state index contributed by atoms with van der Waals surface area (Å²) in [4.78, 5) is 30.5. The molecule has 10 nitrogen and oxygen atoms in total. The Bertz CT molecular complexity index is 1380. The van der Waals surface area contributed by atoms with Crippen molar-refractivity contribution in [1.82, 2.24) is 35.0 Å². The first-order chi connectivity index (χ1) is 17.3. The lowest BCUT2D eigenvalue weighted by molar-refractivity contribution is 0.0903. The highest BCUT2D eigenvalue weighted by molar-refractivity contribution is 5.91. The van der Waals surface area contributed by atoms with Gasteiger partial charge in [-0.1, -0.05) is 39.3 Å². The summed E-state index contributed by atoms with van der Waals surface area (Å²) in [7, 11) is 1.85. The van der Waals surface area contributed by atoms with Gasteiger partial charge >= 0.3 is 0 Å². The minimum Gasteiger partial charge on any atom is -0.435 e. The molecule has 0 saturated heterocycles. The summed E-state index contributed by atoms with van der Waals surface area (Å²) in [6.07, 6.45) is 10.4. The van der Waals surface area contributed by atoms with Crippen LogP contribution in [0, 0.1) is 0 Å². The Morgan fingerprint density at radius 1 is 1.14 bits per heavy atom. The van der Waals surface area contributed by atoms with E-state index in [1.54, 1.807) is 10.9 Å². The van der Waals surface area contributed by atoms with Gasteiger partial charge in [-0.05, 0) is 36.5 Å². The first-order valence-corrected chi connectivity index (χ1v) is 12.1. The number of rotatable bonds is 5. The molecule has 3 aromatic heterocycles. The number of aryl methyl sites for hydroxylation is 2. The number of fused-ring (bicyclic) bond motifs is 1. The van der Waals surface area contributed by atoms with Crippen molar-refractivity contribution in [3.05, 3.63) is 65.9 Å². The van der Waals surface area contributed by atoms with Crippen LogP contribution in [0.5, 0.6) is 0 Å². The molecule has 36 heavy (non-hydrogen) atoms. The lowest BCUT2D eigenvalue weighted by Crippen LogP contribution is -2.28. The van der Waals surface area contributed by atoms with E-state index in [0.29, 0.717) is 17.7 Å². The summed E-state index contributed by atoms with van der Waals surface area (Å²) in [6.45, 7) is 6.01. The Morgan fingerprint density at radius 2 is 2.00 bits per heavy atom. The van der Waals surface area contributed by atoms with E-state index >= 15 is 0 Å². The standard InChI is InChI=1S/C26H30N8O2/c1-26(2,3)24-27-13-21(36-24)23(35)32-20-8-6-5-7-16-11-17(9-10-19(16)20)22-28-15-29-25(33-22)31-18-12-30-34(4)14-18/h9-15,20H,5-8H2,1-4H3,(H,32,35)(H,28,29,31,33)/t20-/m1/s1. The third-order valence-electron chi connectivity index (χ3n) is 6.17. The maximum atomic E-state index is 13.0. The van der Waals surface area contributed by atoms with Crippen LogP contribution in [0.1, 0.15) is 73.6 Å². The number of aromatic nitrogens is 6. The van der Waals surface area contributed by atoms with Crippen molar-refractivity contribution in [3.8, 4) is 11.4 Å². The van der Waals surface area contributed by atoms with E-state index in [2.05, 4.69) is 47.8 Å². The quantitative estimate of drug-likeness (QED) is 0.395. The minimum absolute atomic E-state index is 0.103. The molecule has 0 unspecified atom stereocenters. The number of hydrogen-bond donors (Lipinski definition) is 2. The van der Waals surface area contributed by atoms with E-state index in [4.69, 9.17) is 4.42 Å². The van der Waals surface area contributed by atoms with Gasteiger partial charge < -0.3 is 15.1 Å². The van der Waals surface area contributed by atoms with Crippen LogP contribution >= 0.6 is 0 Å². The number of nitrogens with one attached hydrogen (secondary N) is 2. The molecular weight excluding hydrogens is 456 g/mol. The summed E-state index contributed by atoms with van der Waals surface area (Å²) in [6, 6.07) is 6.08.